The van der Waals surface area contributed by atoms with E-state index in [1.165, 1.54) is 18.9 Å². The van der Waals surface area contributed by atoms with Crippen molar-refractivity contribution in [2.45, 2.75) is 64.1 Å². The van der Waals surface area contributed by atoms with Gasteiger partial charge in [0.15, 0.2) is 5.76 Å². The number of hydrogen-bond donors (Lipinski definition) is 1. The number of aromatic carboxylic acids is 1. The van der Waals surface area contributed by atoms with Crippen LogP contribution in [-0.4, -0.2) is 47.2 Å². The average Bonchev–Trinajstić information content (AvgIpc) is 3.24. The monoisotopic (exact) mass is 335 g/mol. The molecule has 1 saturated carbocycles. The van der Waals surface area contributed by atoms with Crippen molar-refractivity contribution in [3.05, 3.63) is 23.2 Å². The van der Waals surface area contributed by atoms with E-state index in [2.05, 4.69) is 0 Å². The summed E-state index contributed by atoms with van der Waals surface area (Å²) >= 11 is 0. The molecule has 3 rings (SSSR count). The van der Waals surface area contributed by atoms with E-state index in [-0.39, 0.29) is 23.3 Å². The number of likely N-dealkylation sites (tertiary alicyclic amines) is 1. The van der Waals surface area contributed by atoms with Crippen LogP contribution in [-0.2, 0) is 11.2 Å². The Balaban J connectivity index is 1.57. The van der Waals surface area contributed by atoms with Gasteiger partial charge in [0.1, 0.15) is 11.3 Å². The summed E-state index contributed by atoms with van der Waals surface area (Å²) in [6, 6.07) is 1.35. The molecular formula is C18H25NO5. The zero-order valence-electron chi connectivity index (χ0n) is 14.1. The number of ether oxygens (including phenoxy) is 1. The van der Waals surface area contributed by atoms with Crippen LogP contribution >= 0.6 is 0 Å². The molecule has 6 heteroatoms. The Morgan fingerprint density at radius 3 is 2.38 bits per heavy atom. The van der Waals surface area contributed by atoms with E-state index in [1.807, 2.05) is 6.92 Å². The molecule has 132 valence electrons. The molecule has 0 spiro atoms. The molecule has 1 aliphatic carbocycles. The number of carboxylic acid groups (broad SMARTS) is 1. The molecule has 2 aliphatic rings. The summed E-state index contributed by atoms with van der Waals surface area (Å²) in [5.74, 6) is -0.806. The number of aryl methyl sites for hydroxylation is 1. The second kappa shape index (κ2) is 7.38. The van der Waals surface area contributed by atoms with E-state index < -0.39 is 5.97 Å². The second-order valence-corrected chi connectivity index (χ2v) is 6.64. The number of furan rings is 1. The Labute approximate surface area is 141 Å². The Morgan fingerprint density at radius 1 is 1.21 bits per heavy atom. The van der Waals surface area contributed by atoms with Gasteiger partial charge in [-0.3, -0.25) is 4.79 Å². The lowest BCUT2D eigenvalue weighted by Gasteiger charge is -2.32. The zero-order chi connectivity index (χ0) is 17.1. The maximum Gasteiger partial charge on any atom is 0.339 e. The molecule has 1 amide bonds. The lowest BCUT2D eigenvalue weighted by molar-refractivity contribution is -0.0360. The fraction of sp³-hybridized carbons (Fsp3) is 0.667. The van der Waals surface area contributed by atoms with Gasteiger partial charge in [0, 0.05) is 25.6 Å². The first-order valence-corrected chi connectivity index (χ1v) is 8.89. The molecule has 1 aromatic rings. The predicted molar refractivity (Wildman–Crippen MR) is 87.3 cm³/mol. The molecule has 24 heavy (non-hydrogen) atoms. The molecule has 0 atom stereocenters. The number of carbonyl (C=O) groups excluding carboxylic acids is 1. The normalized spacial score (nSPS) is 19.8. The lowest BCUT2D eigenvalue weighted by atomic mass is 10.1. The van der Waals surface area contributed by atoms with Gasteiger partial charge in [0.2, 0.25) is 0 Å². The average molecular weight is 335 g/mol. The highest BCUT2D eigenvalue weighted by Crippen LogP contribution is 2.26. The van der Waals surface area contributed by atoms with E-state index >= 15 is 0 Å². The number of piperidine rings is 1. The topological polar surface area (TPSA) is 80.0 Å². The summed E-state index contributed by atoms with van der Waals surface area (Å²) in [6.45, 7) is 3.06. The van der Waals surface area contributed by atoms with Crippen LogP contribution in [0, 0.1) is 0 Å². The standard InChI is InChI=1S/C18H25NO5/c1-2-15-14(18(21)22)11-16(24-15)17(20)19-9-7-13(8-10-19)23-12-5-3-4-6-12/h11-13H,2-10H2,1H3,(H,21,22). The molecule has 0 aromatic carbocycles. The van der Waals surface area contributed by atoms with E-state index in [1.54, 1.807) is 4.90 Å². The molecule has 1 aliphatic heterocycles. The molecule has 1 saturated heterocycles. The third-order valence-electron chi connectivity index (χ3n) is 4.99. The summed E-state index contributed by atoms with van der Waals surface area (Å²) in [5, 5.41) is 9.17. The summed E-state index contributed by atoms with van der Waals surface area (Å²) in [6.07, 6.45) is 7.56. The minimum absolute atomic E-state index is 0.0836. The van der Waals surface area contributed by atoms with Gasteiger partial charge in [-0.15, -0.1) is 0 Å². The SMILES string of the molecule is CCc1oc(C(=O)N2CCC(OC3CCCC3)CC2)cc1C(=O)O. The van der Waals surface area contributed by atoms with E-state index in [9.17, 15) is 14.7 Å². The van der Waals surface area contributed by atoms with Crippen molar-refractivity contribution in [2.24, 2.45) is 0 Å². The van der Waals surface area contributed by atoms with Crippen LogP contribution in [0.1, 0.15) is 72.1 Å². The lowest BCUT2D eigenvalue weighted by Crippen LogP contribution is -2.41. The maximum atomic E-state index is 12.6. The summed E-state index contributed by atoms with van der Waals surface area (Å²) in [4.78, 5) is 25.5. The minimum atomic E-state index is -1.06. The second-order valence-electron chi connectivity index (χ2n) is 6.64. The highest BCUT2D eigenvalue weighted by atomic mass is 16.5. The summed E-state index contributed by atoms with van der Waals surface area (Å²) < 4.78 is 11.6. The number of nitrogens with zero attached hydrogens (tertiary/aromatic N) is 1. The van der Waals surface area contributed by atoms with Crippen LogP contribution in [0.25, 0.3) is 0 Å². The van der Waals surface area contributed by atoms with Crippen LogP contribution in [0.15, 0.2) is 10.5 Å². The molecule has 0 unspecified atom stereocenters. The van der Waals surface area contributed by atoms with Crippen molar-refractivity contribution in [3.8, 4) is 0 Å². The number of carboxylic acids is 1. The van der Waals surface area contributed by atoms with Crippen LogP contribution in [0.5, 0.6) is 0 Å². The molecule has 0 radical (unpaired) electrons. The van der Waals surface area contributed by atoms with E-state index in [0.717, 1.165) is 25.7 Å². The van der Waals surface area contributed by atoms with Gasteiger partial charge in [-0.2, -0.15) is 0 Å². The van der Waals surface area contributed by atoms with Gasteiger partial charge in [-0.25, -0.2) is 4.79 Å². The number of rotatable bonds is 5. The van der Waals surface area contributed by atoms with Gasteiger partial charge in [-0.1, -0.05) is 19.8 Å². The van der Waals surface area contributed by atoms with Crippen LogP contribution < -0.4 is 0 Å². The van der Waals surface area contributed by atoms with Gasteiger partial charge >= 0.3 is 5.97 Å². The van der Waals surface area contributed by atoms with Crippen LogP contribution in [0.4, 0.5) is 0 Å². The largest absolute Gasteiger partial charge is 0.478 e. The minimum Gasteiger partial charge on any atom is -0.478 e. The Morgan fingerprint density at radius 2 is 1.83 bits per heavy atom. The molecule has 1 aromatic heterocycles. The zero-order valence-corrected chi connectivity index (χ0v) is 14.1. The first-order chi connectivity index (χ1) is 11.6. The summed E-state index contributed by atoms with van der Waals surface area (Å²) in [7, 11) is 0. The third-order valence-corrected chi connectivity index (χ3v) is 4.99. The highest BCUT2D eigenvalue weighted by Gasteiger charge is 2.29. The number of carbonyl (C=O) groups is 2. The first-order valence-electron chi connectivity index (χ1n) is 8.89. The van der Waals surface area contributed by atoms with E-state index in [4.69, 9.17) is 9.15 Å². The number of hydrogen-bond acceptors (Lipinski definition) is 4. The molecule has 0 bridgehead atoms. The molecule has 2 heterocycles. The predicted octanol–water partition coefficient (Wildman–Crippen LogP) is 3.10. The van der Waals surface area contributed by atoms with Gasteiger partial charge in [-0.05, 0) is 25.7 Å². The fourth-order valence-electron chi connectivity index (χ4n) is 3.63. The van der Waals surface area contributed by atoms with Gasteiger partial charge in [0.05, 0.1) is 12.2 Å². The maximum absolute atomic E-state index is 12.6. The van der Waals surface area contributed by atoms with Gasteiger partial charge in [0.25, 0.3) is 5.91 Å². The third kappa shape index (κ3) is 3.64. The first kappa shape index (κ1) is 17.0. The van der Waals surface area contributed by atoms with Crippen molar-refractivity contribution < 1.29 is 23.8 Å². The number of amides is 1. The fourth-order valence-corrected chi connectivity index (χ4v) is 3.63. The quantitative estimate of drug-likeness (QED) is 0.894. The van der Waals surface area contributed by atoms with Crippen molar-refractivity contribution in [1.29, 1.82) is 0 Å². The molecule has 1 N–H and O–H groups in total. The molecule has 2 fully saturated rings. The summed E-state index contributed by atoms with van der Waals surface area (Å²) in [5.41, 5.74) is 0.0836. The van der Waals surface area contributed by atoms with Gasteiger partial charge < -0.3 is 19.2 Å². The van der Waals surface area contributed by atoms with Crippen molar-refractivity contribution in [3.63, 3.8) is 0 Å². The van der Waals surface area contributed by atoms with Crippen molar-refractivity contribution in [2.75, 3.05) is 13.1 Å². The van der Waals surface area contributed by atoms with Crippen LogP contribution in [0.2, 0.25) is 0 Å². The Kier molecular flexibility index (Phi) is 5.23. The molecule has 6 nitrogen and oxygen atoms in total. The Bertz CT molecular complexity index is 595. The molecular weight excluding hydrogens is 310 g/mol. The smallest absolute Gasteiger partial charge is 0.339 e. The van der Waals surface area contributed by atoms with Crippen molar-refractivity contribution >= 4 is 11.9 Å². The van der Waals surface area contributed by atoms with E-state index in [0.29, 0.717) is 31.4 Å². The Hall–Kier alpha value is -1.82. The van der Waals surface area contributed by atoms with Crippen molar-refractivity contribution in [1.82, 2.24) is 4.90 Å². The highest BCUT2D eigenvalue weighted by molar-refractivity contribution is 5.96. The van der Waals surface area contributed by atoms with Crippen LogP contribution in [0.3, 0.4) is 0 Å².